The molecule has 0 radical (unpaired) electrons. The predicted octanol–water partition coefficient (Wildman–Crippen LogP) is 3.61. The highest BCUT2D eigenvalue weighted by molar-refractivity contribution is 5.66. The van der Waals surface area contributed by atoms with Crippen molar-refractivity contribution in [2.45, 2.75) is 6.54 Å². The molecule has 3 aromatic rings. The molecule has 2 aromatic heterocycles. The minimum absolute atomic E-state index is 0.839. The van der Waals surface area contributed by atoms with Gasteiger partial charge in [-0.15, -0.1) is 0 Å². The molecule has 100 valence electrons. The normalized spacial score (nSPS) is 10.4. The van der Waals surface area contributed by atoms with Crippen molar-refractivity contribution in [1.29, 1.82) is 0 Å². The van der Waals surface area contributed by atoms with Gasteiger partial charge in [0.1, 0.15) is 5.75 Å². The molecule has 20 heavy (non-hydrogen) atoms. The Morgan fingerprint density at radius 3 is 2.50 bits per heavy atom. The van der Waals surface area contributed by atoms with Gasteiger partial charge in [-0.25, -0.2) is 0 Å². The lowest BCUT2D eigenvalue weighted by molar-refractivity contribution is 0.416. The largest absolute Gasteiger partial charge is 0.496 e. The Morgan fingerprint density at radius 2 is 1.80 bits per heavy atom. The van der Waals surface area contributed by atoms with Crippen LogP contribution in [0.4, 0.5) is 0 Å². The number of pyridine rings is 1. The summed E-state index contributed by atoms with van der Waals surface area (Å²) in [5.41, 5.74) is 3.13. The maximum Gasteiger partial charge on any atom is 0.128 e. The second-order valence-corrected chi connectivity index (χ2v) is 4.61. The van der Waals surface area contributed by atoms with E-state index in [2.05, 4.69) is 15.6 Å². The summed E-state index contributed by atoms with van der Waals surface area (Å²) in [6.45, 7) is 0.839. The number of nitrogens with zero attached hydrogens (tertiary/aromatic N) is 2. The standard InChI is InChI=1S/C17H16N2O/c1-20-17-7-3-2-6-15(17)16-9-8-14(12-18-16)13-19-10-4-5-11-19/h2-12H,13H2,1H3. The minimum atomic E-state index is 0.839. The molecule has 0 spiro atoms. The molecule has 0 aliphatic carbocycles. The van der Waals surface area contributed by atoms with Gasteiger partial charge in [-0.2, -0.15) is 0 Å². The Bertz CT molecular complexity index is 672. The highest BCUT2D eigenvalue weighted by atomic mass is 16.5. The lowest BCUT2D eigenvalue weighted by atomic mass is 10.1. The molecule has 0 fully saturated rings. The zero-order valence-corrected chi connectivity index (χ0v) is 11.4. The van der Waals surface area contributed by atoms with E-state index in [9.17, 15) is 0 Å². The quantitative estimate of drug-likeness (QED) is 0.720. The van der Waals surface area contributed by atoms with Crippen LogP contribution in [0.1, 0.15) is 5.56 Å². The van der Waals surface area contributed by atoms with E-state index in [-0.39, 0.29) is 0 Å². The molecule has 0 aliphatic rings. The van der Waals surface area contributed by atoms with Crippen LogP contribution in [0.15, 0.2) is 67.1 Å². The Morgan fingerprint density at radius 1 is 1.00 bits per heavy atom. The maximum atomic E-state index is 5.37. The zero-order valence-electron chi connectivity index (χ0n) is 11.4. The van der Waals surface area contributed by atoms with Crippen LogP contribution in [-0.4, -0.2) is 16.7 Å². The van der Waals surface area contributed by atoms with Gasteiger partial charge in [-0.3, -0.25) is 4.98 Å². The fourth-order valence-electron chi connectivity index (χ4n) is 2.22. The van der Waals surface area contributed by atoms with Crippen LogP contribution in [0.25, 0.3) is 11.3 Å². The van der Waals surface area contributed by atoms with Crippen LogP contribution < -0.4 is 4.74 Å². The highest BCUT2D eigenvalue weighted by Gasteiger charge is 2.05. The minimum Gasteiger partial charge on any atom is -0.496 e. The molecule has 0 unspecified atom stereocenters. The number of hydrogen-bond acceptors (Lipinski definition) is 2. The highest BCUT2D eigenvalue weighted by Crippen LogP contribution is 2.27. The van der Waals surface area contributed by atoms with Crippen molar-refractivity contribution in [1.82, 2.24) is 9.55 Å². The monoisotopic (exact) mass is 264 g/mol. The summed E-state index contributed by atoms with van der Waals surface area (Å²) in [4.78, 5) is 4.54. The molecule has 0 aliphatic heterocycles. The zero-order chi connectivity index (χ0) is 13.8. The van der Waals surface area contributed by atoms with E-state index < -0.39 is 0 Å². The fourth-order valence-corrected chi connectivity index (χ4v) is 2.22. The molecule has 2 heterocycles. The average molecular weight is 264 g/mol. The van der Waals surface area contributed by atoms with E-state index in [0.29, 0.717) is 0 Å². The molecule has 3 nitrogen and oxygen atoms in total. The lowest BCUT2D eigenvalue weighted by Gasteiger charge is -2.08. The van der Waals surface area contributed by atoms with Crippen LogP contribution in [0.3, 0.4) is 0 Å². The molecule has 0 saturated carbocycles. The van der Waals surface area contributed by atoms with Gasteiger partial charge in [0.05, 0.1) is 12.8 Å². The maximum absolute atomic E-state index is 5.37. The van der Waals surface area contributed by atoms with Crippen molar-refractivity contribution in [3.8, 4) is 17.0 Å². The van der Waals surface area contributed by atoms with E-state index in [1.807, 2.05) is 61.1 Å². The van der Waals surface area contributed by atoms with Crippen LogP contribution >= 0.6 is 0 Å². The van der Waals surface area contributed by atoms with Crippen molar-refractivity contribution < 1.29 is 4.74 Å². The summed E-state index contributed by atoms with van der Waals surface area (Å²) in [6.07, 6.45) is 6.02. The second kappa shape index (κ2) is 5.61. The van der Waals surface area contributed by atoms with Gasteiger partial charge in [0.25, 0.3) is 0 Å². The smallest absolute Gasteiger partial charge is 0.128 e. The van der Waals surface area contributed by atoms with E-state index in [4.69, 9.17) is 4.74 Å². The van der Waals surface area contributed by atoms with E-state index in [0.717, 1.165) is 23.6 Å². The van der Waals surface area contributed by atoms with Crippen molar-refractivity contribution in [2.24, 2.45) is 0 Å². The van der Waals surface area contributed by atoms with Crippen LogP contribution in [0.5, 0.6) is 5.75 Å². The topological polar surface area (TPSA) is 27.1 Å². The molecule has 1 aromatic carbocycles. The number of rotatable bonds is 4. The first-order valence-corrected chi connectivity index (χ1v) is 6.56. The Kier molecular flexibility index (Phi) is 3.50. The van der Waals surface area contributed by atoms with Gasteiger partial charge in [0.2, 0.25) is 0 Å². The number of benzene rings is 1. The number of aromatic nitrogens is 2. The molecular formula is C17H16N2O. The van der Waals surface area contributed by atoms with E-state index in [1.54, 1.807) is 7.11 Å². The van der Waals surface area contributed by atoms with Crippen molar-refractivity contribution >= 4 is 0 Å². The SMILES string of the molecule is COc1ccccc1-c1ccc(Cn2cccc2)cn1. The van der Waals surface area contributed by atoms with Gasteiger partial charge in [-0.05, 0) is 35.9 Å². The third-order valence-corrected chi connectivity index (χ3v) is 3.24. The molecule has 0 N–H and O–H groups in total. The summed E-state index contributed by atoms with van der Waals surface area (Å²) in [5, 5.41) is 0. The predicted molar refractivity (Wildman–Crippen MR) is 79.8 cm³/mol. The molecule has 0 atom stereocenters. The Labute approximate surface area is 118 Å². The van der Waals surface area contributed by atoms with Crippen LogP contribution in [0, 0.1) is 0 Å². The Hall–Kier alpha value is -2.55. The third-order valence-electron chi connectivity index (χ3n) is 3.24. The summed E-state index contributed by atoms with van der Waals surface area (Å²) >= 11 is 0. The van der Waals surface area contributed by atoms with Gasteiger partial charge in [-0.1, -0.05) is 18.2 Å². The first-order valence-electron chi connectivity index (χ1n) is 6.56. The van der Waals surface area contributed by atoms with Crippen molar-refractivity contribution in [3.63, 3.8) is 0 Å². The summed E-state index contributed by atoms with van der Waals surface area (Å²) in [6, 6.07) is 16.1. The number of para-hydroxylation sites is 1. The van der Waals surface area contributed by atoms with Gasteiger partial charge in [0.15, 0.2) is 0 Å². The summed E-state index contributed by atoms with van der Waals surface area (Å²) < 4.78 is 7.50. The molecule has 3 heteroatoms. The van der Waals surface area contributed by atoms with E-state index in [1.165, 1.54) is 5.56 Å². The molecule has 3 rings (SSSR count). The van der Waals surface area contributed by atoms with Crippen molar-refractivity contribution in [2.75, 3.05) is 7.11 Å². The second-order valence-electron chi connectivity index (χ2n) is 4.61. The summed E-state index contributed by atoms with van der Waals surface area (Å²) in [5.74, 6) is 0.846. The van der Waals surface area contributed by atoms with Gasteiger partial charge < -0.3 is 9.30 Å². The van der Waals surface area contributed by atoms with Gasteiger partial charge in [0, 0.05) is 30.7 Å². The first-order chi connectivity index (χ1) is 9.86. The first kappa shape index (κ1) is 12.5. The Balaban J connectivity index is 1.85. The van der Waals surface area contributed by atoms with Gasteiger partial charge >= 0.3 is 0 Å². The van der Waals surface area contributed by atoms with Crippen molar-refractivity contribution in [3.05, 3.63) is 72.7 Å². The number of methoxy groups -OCH3 is 1. The molecular weight excluding hydrogens is 248 g/mol. The summed E-state index contributed by atoms with van der Waals surface area (Å²) in [7, 11) is 1.68. The lowest BCUT2D eigenvalue weighted by Crippen LogP contribution is -1.97. The molecule has 0 saturated heterocycles. The molecule has 0 amide bonds. The molecule has 0 bridgehead atoms. The van der Waals surface area contributed by atoms with Crippen LogP contribution in [0.2, 0.25) is 0 Å². The average Bonchev–Trinajstić information content (AvgIpc) is 3.01. The fraction of sp³-hybridized carbons (Fsp3) is 0.118. The number of ether oxygens (including phenoxy) is 1. The van der Waals surface area contributed by atoms with Crippen LogP contribution in [-0.2, 0) is 6.54 Å². The third kappa shape index (κ3) is 2.57. The van der Waals surface area contributed by atoms with E-state index >= 15 is 0 Å². The number of hydrogen-bond donors (Lipinski definition) is 0.